The van der Waals surface area contributed by atoms with Gasteiger partial charge in [-0.15, -0.1) is 0 Å². The molecule has 0 saturated carbocycles. The summed E-state index contributed by atoms with van der Waals surface area (Å²) >= 11 is 12.0. The highest BCUT2D eigenvalue weighted by atomic mass is 35.5. The number of hydrogen-bond acceptors (Lipinski definition) is 5. The summed E-state index contributed by atoms with van der Waals surface area (Å²) in [7, 11) is 0. The zero-order valence-corrected chi connectivity index (χ0v) is 15.0. The van der Waals surface area contributed by atoms with Crippen molar-refractivity contribution in [3.05, 3.63) is 46.3 Å². The molecule has 1 aromatic carbocycles. The summed E-state index contributed by atoms with van der Waals surface area (Å²) in [5, 5.41) is 9.75. The Balaban J connectivity index is 1.57. The normalized spacial score (nSPS) is 17.8. The maximum atomic E-state index is 6.07. The quantitative estimate of drug-likeness (QED) is 0.727. The SMILES string of the molecule is Clc1ccc(CNc2ncnc3c2cnn3C2CCCCO2)cc1Cl. The topological polar surface area (TPSA) is 64.9 Å². The fraction of sp³-hybridized carbons (Fsp3) is 0.353. The van der Waals surface area contributed by atoms with Crippen molar-refractivity contribution in [1.29, 1.82) is 0 Å². The second-order valence-corrected chi connectivity index (χ2v) is 6.79. The second-order valence-electron chi connectivity index (χ2n) is 5.97. The van der Waals surface area contributed by atoms with Crippen molar-refractivity contribution in [2.75, 3.05) is 11.9 Å². The average Bonchev–Trinajstić information content (AvgIpc) is 3.08. The number of nitrogens with zero attached hydrogens (tertiary/aromatic N) is 4. The Kier molecular flexibility index (Phi) is 4.74. The molecule has 0 spiro atoms. The van der Waals surface area contributed by atoms with E-state index in [0.717, 1.165) is 48.3 Å². The molecule has 1 aliphatic heterocycles. The van der Waals surface area contributed by atoms with E-state index in [2.05, 4.69) is 20.4 Å². The van der Waals surface area contributed by atoms with E-state index in [4.69, 9.17) is 27.9 Å². The molecule has 0 radical (unpaired) electrons. The molecule has 6 nitrogen and oxygen atoms in total. The molecule has 3 heterocycles. The van der Waals surface area contributed by atoms with Crippen molar-refractivity contribution in [3.63, 3.8) is 0 Å². The Bertz CT molecular complexity index is 892. The molecule has 1 saturated heterocycles. The molecule has 130 valence electrons. The monoisotopic (exact) mass is 377 g/mol. The van der Waals surface area contributed by atoms with Gasteiger partial charge in [-0.25, -0.2) is 14.6 Å². The molecule has 1 aliphatic rings. The summed E-state index contributed by atoms with van der Waals surface area (Å²) in [6.45, 7) is 1.34. The summed E-state index contributed by atoms with van der Waals surface area (Å²) < 4.78 is 7.66. The van der Waals surface area contributed by atoms with Crippen LogP contribution in [-0.2, 0) is 11.3 Å². The van der Waals surface area contributed by atoms with Gasteiger partial charge < -0.3 is 10.1 Å². The number of aromatic nitrogens is 4. The maximum Gasteiger partial charge on any atom is 0.165 e. The lowest BCUT2D eigenvalue weighted by atomic mass is 10.2. The lowest BCUT2D eigenvalue weighted by Crippen LogP contribution is -2.19. The molecule has 4 rings (SSSR count). The Labute approximate surface area is 155 Å². The summed E-state index contributed by atoms with van der Waals surface area (Å²) in [5.74, 6) is 0.734. The average molecular weight is 378 g/mol. The molecule has 0 amide bonds. The smallest absolute Gasteiger partial charge is 0.165 e. The fourth-order valence-corrected chi connectivity index (χ4v) is 3.29. The standard InChI is InChI=1S/C17H17Cl2N5O/c18-13-5-4-11(7-14(13)19)8-20-16-12-9-23-24(17(12)22-10-21-16)15-3-1-2-6-25-15/h4-5,7,9-10,15H,1-3,6,8H2,(H,20,21,22). The highest BCUT2D eigenvalue weighted by Gasteiger charge is 2.20. The van der Waals surface area contributed by atoms with Crippen LogP contribution in [0.15, 0.2) is 30.7 Å². The van der Waals surface area contributed by atoms with Crippen molar-refractivity contribution in [1.82, 2.24) is 19.7 Å². The molecule has 0 aliphatic carbocycles. The van der Waals surface area contributed by atoms with E-state index in [0.29, 0.717) is 16.6 Å². The summed E-state index contributed by atoms with van der Waals surface area (Å²) in [5.41, 5.74) is 1.79. The van der Waals surface area contributed by atoms with Gasteiger partial charge in [0.1, 0.15) is 12.1 Å². The second kappa shape index (κ2) is 7.15. The first-order chi connectivity index (χ1) is 12.2. The molecule has 1 unspecified atom stereocenters. The maximum absolute atomic E-state index is 6.07. The van der Waals surface area contributed by atoms with E-state index < -0.39 is 0 Å². The van der Waals surface area contributed by atoms with Gasteiger partial charge in [0.05, 0.1) is 21.6 Å². The molecule has 3 aromatic rings. The number of fused-ring (bicyclic) bond motifs is 1. The number of anilines is 1. The van der Waals surface area contributed by atoms with Crippen molar-refractivity contribution < 1.29 is 4.74 Å². The summed E-state index contributed by atoms with van der Waals surface area (Å²) in [4.78, 5) is 8.73. The predicted molar refractivity (Wildman–Crippen MR) is 98.0 cm³/mol. The molecule has 0 bridgehead atoms. The third-order valence-electron chi connectivity index (χ3n) is 4.26. The van der Waals surface area contributed by atoms with Gasteiger partial charge in [0, 0.05) is 13.2 Å². The number of rotatable bonds is 4. The van der Waals surface area contributed by atoms with E-state index in [1.54, 1.807) is 18.6 Å². The van der Waals surface area contributed by atoms with Gasteiger partial charge in [-0.05, 0) is 37.0 Å². The van der Waals surface area contributed by atoms with Crippen LogP contribution < -0.4 is 5.32 Å². The number of benzene rings is 1. The third kappa shape index (κ3) is 3.42. The molecule has 8 heteroatoms. The van der Waals surface area contributed by atoms with Crippen LogP contribution in [0.5, 0.6) is 0 Å². The van der Waals surface area contributed by atoms with Crippen LogP contribution in [0.2, 0.25) is 10.0 Å². The van der Waals surface area contributed by atoms with Gasteiger partial charge in [-0.1, -0.05) is 29.3 Å². The molecule has 1 fully saturated rings. The van der Waals surface area contributed by atoms with Gasteiger partial charge in [-0.2, -0.15) is 5.10 Å². The third-order valence-corrected chi connectivity index (χ3v) is 5.00. The van der Waals surface area contributed by atoms with Crippen molar-refractivity contribution in [3.8, 4) is 0 Å². The molecule has 25 heavy (non-hydrogen) atoms. The molecule has 1 N–H and O–H groups in total. The summed E-state index contributed by atoms with van der Waals surface area (Å²) in [6.07, 6.45) is 6.46. The summed E-state index contributed by atoms with van der Waals surface area (Å²) in [6, 6.07) is 5.56. The lowest BCUT2D eigenvalue weighted by molar-refractivity contribution is -0.0370. The minimum Gasteiger partial charge on any atom is -0.365 e. The van der Waals surface area contributed by atoms with Crippen LogP contribution in [0.3, 0.4) is 0 Å². The minimum atomic E-state index is -0.0518. The van der Waals surface area contributed by atoms with Crippen LogP contribution in [0.25, 0.3) is 11.0 Å². The van der Waals surface area contributed by atoms with Crippen LogP contribution >= 0.6 is 23.2 Å². The van der Waals surface area contributed by atoms with Gasteiger partial charge in [0.25, 0.3) is 0 Å². The van der Waals surface area contributed by atoms with Crippen molar-refractivity contribution >= 4 is 40.1 Å². The highest BCUT2D eigenvalue weighted by molar-refractivity contribution is 6.42. The Morgan fingerprint density at radius 3 is 2.92 bits per heavy atom. The van der Waals surface area contributed by atoms with Gasteiger partial charge in [0.2, 0.25) is 0 Å². The van der Waals surface area contributed by atoms with E-state index >= 15 is 0 Å². The Morgan fingerprint density at radius 1 is 1.20 bits per heavy atom. The van der Waals surface area contributed by atoms with E-state index in [1.807, 2.05) is 16.8 Å². The Hall–Kier alpha value is -1.89. The number of ether oxygens (including phenoxy) is 1. The minimum absolute atomic E-state index is 0.0518. The first-order valence-corrected chi connectivity index (χ1v) is 8.95. The van der Waals surface area contributed by atoms with Crippen LogP contribution in [0.1, 0.15) is 31.1 Å². The largest absolute Gasteiger partial charge is 0.365 e. The number of halogens is 2. The van der Waals surface area contributed by atoms with Crippen molar-refractivity contribution in [2.45, 2.75) is 32.0 Å². The number of hydrogen-bond donors (Lipinski definition) is 1. The van der Waals surface area contributed by atoms with Crippen LogP contribution in [-0.4, -0.2) is 26.4 Å². The molecule has 2 aromatic heterocycles. The van der Waals surface area contributed by atoms with E-state index in [1.165, 1.54) is 0 Å². The number of nitrogens with one attached hydrogen (secondary N) is 1. The molecular weight excluding hydrogens is 361 g/mol. The molecule has 1 atom stereocenters. The Morgan fingerprint density at radius 2 is 2.12 bits per heavy atom. The zero-order valence-electron chi connectivity index (χ0n) is 13.5. The van der Waals surface area contributed by atoms with Crippen LogP contribution in [0, 0.1) is 0 Å². The van der Waals surface area contributed by atoms with Gasteiger partial charge >= 0.3 is 0 Å². The van der Waals surface area contributed by atoms with Gasteiger partial charge in [0.15, 0.2) is 11.9 Å². The van der Waals surface area contributed by atoms with Gasteiger partial charge in [-0.3, -0.25) is 0 Å². The van der Waals surface area contributed by atoms with E-state index in [9.17, 15) is 0 Å². The first-order valence-electron chi connectivity index (χ1n) is 8.20. The zero-order chi connectivity index (χ0) is 17.2. The van der Waals surface area contributed by atoms with Crippen LogP contribution in [0.4, 0.5) is 5.82 Å². The molecular formula is C17H17Cl2N5O. The first kappa shape index (κ1) is 16.6. The lowest BCUT2D eigenvalue weighted by Gasteiger charge is -2.22. The predicted octanol–water partition coefficient (Wildman–Crippen LogP) is 4.44. The highest BCUT2D eigenvalue weighted by Crippen LogP contribution is 2.28. The van der Waals surface area contributed by atoms with Crippen molar-refractivity contribution in [2.24, 2.45) is 0 Å². The van der Waals surface area contributed by atoms with E-state index in [-0.39, 0.29) is 6.23 Å². The fourth-order valence-electron chi connectivity index (χ4n) is 2.97.